The SMILES string of the molecule is Cc1cccc(NC(=O)C(c2cccs2)N2C(=O)c3cc(Oc4ccc(C(C)(C)CN(CC5CO5)CC5CO5)cc4)c4c5c(Oc6ccc(C(C)(C)CN(CC7CO7)CC7CO7)cc6)cc6c7c(cc(Oc8ccc(C(C)(C)CN(CC9CO9)CC9CO9)cc8)c(c8c(Oc9ccc(C(C)(C)CN(CC%10CO%10)CC%10CO%10)cc9)cc(c3c48)C2=O)c75)C(=O)N(C(C(=O)Nc2cccc(C)c2)c2cccs2)C6=O)c1. The molecule has 11 aromatic carbocycles. The third-order valence-corrected chi connectivity index (χ3v) is 30.9. The number of nitrogens with zero attached hydrogens (tertiary/aromatic N) is 6. The molecule has 2 N–H and O–H groups in total. The van der Waals surface area contributed by atoms with Crippen LogP contribution in [0.1, 0.15) is 152 Å². The molecule has 6 amide bonds. The Balaban J connectivity index is 0.782. The number of epoxide rings is 8. The number of ether oxygens (including phenoxy) is 12. The molecule has 23 rings (SSSR count). The third-order valence-electron chi connectivity index (χ3n) is 29.0. The molecule has 142 heavy (non-hydrogen) atoms. The molecule has 28 heteroatoms. The predicted octanol–water partition coefficient (Wildman–Crippen LogP) is 19.1. The summed E-state index contributed by atoms with van der Waals surface area (Å²) in [6.07, 6.45) is 1.13. The summed E-state index contributed by atoms with van der Waals surface area (Å²) in [6, 6.07) is 56.9. The number of thiophene rings is 2. The van der Waals surface area contributed by atoms with Crippen LogP contribution in [0.2, 0.25) is 0 Å². The maximum Gasteiger partial charge on any atom is 0.262 e. The van der Waals surface area contributed by atoms with Crippen molar-refractivity contribution in [2.45, 2.75) is 152 Å². The van der Waals surface area contributed by atoms with Crippen LogP contribution in [-0.2, 0) is 69.1 Å². The second-order valence-corrected chi connectivity index (χ2v) is 44.6. The van der Waals surface area contributed by atoms with Crippen molar-refractivity contribution >= 4 is 113 Å². The van der Waals surface area contributed by atoms with Crippen molar-refractivity contribution < 1.29 is 85.6 Å². The summed E-state index contributed by atoms with van der Waals surface area (Å²) in [5.74, 6) is -2.93. The Morgan fingerprint density at radius 1 is 0.324 bits per heavy atom. The number of imide groups is 2. The normalized spacial score (nSPS) is 20.9. The summed E-state index contributed by atoms with van der Waals surface area (Å²) in [5.41, 5.74) is 4.88. The summed E-state index contributed by atoms with van der Waals surface area (Å²) < 4.78 is 77.4. The van der Waals surface area contributed by atoms with Crippen LogP contribution in [0.3, 0.4) is 0 Å². The van der Waals surface area contributed by atoms with Crippen LogP contribution in [0.15, 0.2) is 205 Å². The molecule has 12 heterocycles. The van der Waals surface area contributed by atoms with Gasteiger partial charge in [0.05, 0.1) is 124 Å². The van der Waals surface area contributed by atoms with E-state index in [9.17, 15) is 0 Å². The molecular weight excluding hydrogens is 1830 g/mol. The van der Waals surface area contributed by atoms with E-state index < -0.39 is 69.2 Å². The molecule has 0 spiro atoms. The Morgan fingerprint density at radius 3 is 0.761 bits per heavy atom. The number of aryl methyl sites for hydroxylation is 2. The summed E-state index contributed by atoms with van der Waals surface area (Å²) in [7, 11) is 0. The van der Waals surface area contributed by atoms with Gasteiger partial charge in [0.2, 0.25) is 0 Å². The zero-order chi connectivity index (χ0) is 97.5. The lowest BCUT2D eigenvalue weighted by Crippen LogP contribution is -2.47. The quantitative estimate of drug-likeness (QED) is 0.0155. The molecule has 10 aliphatic heterocycles. The van der Waals surface area contributed by atoms with Crippen molar-refractivity contribution in [1.29, 1.82) is 0 Å². The zero-order valence-electron chi connectivity index (χ0n) is 81.4. The van der Waals surface area contributed by atoms with Crippen LogP contribution in [-0.4, -0.2) is 245 Å². The average Bonchev–Trinajstić information content (AvgIpc) is 1.10. The van der Waals surface area contributed by atoms with Gasteiger partial charge in [-0.3, -0.25) is 58.2 Å². The molecule has 13 aromatic rings. The molecule has 10 atom stereocenters. The highest BCUT2D eigenvalue weighted by Crippen LogP contribution is 2.60. The maximum absolute atomic E-state index is 17.3. The zero-order valence-corrected chi connectivity index (χ0v) is 83.0. The molecule has 0 radical (unpaired) electrons. The highest BCUT2D eigenvalue weighted by molar-refractivity contribution is 7.10. The highest BCUT2D eigenvalue weighted by Gasteiger charge is 2.50. The molecule has 0 aliphatic carbocycles. The van der Waals surface area contributed by atoms with Crippen molar-refractivity contribution in [3.8, 4) is 46.0 Å². The van der Waals surface area contributed by atoms with Gasteiger partial charge in [-0.1, -0.05) is 140 Å². The predicted molar refractivity (Wildman–Crippen MR) is 544 cm³/mol. The third kappa shape index (κ3) is 19.9. The number of anilines is 2. The van der Waals surface area contributed by atoms with Crippen LogP contribution >= 0.6 is 22.7 Å². The van der Waals surface area contributed by atoms with Gasteiger partial charge >= 0.3 is 0 Å². The molecule has 8 fully saturated rings. The van der Waals surface area contributed by atoms with Gasteiger partial charge in [0.15, 0.2) is 12.1 Å². The van der Waals surface area contributed by atoms with Crippen molar-refractivity contribution in [2.24, 2.45) is 0 Å². The van der Waals surface area contributed by atoms with Gasteiger partial charge in [-0.2, -0.15) is 0 Å². The minimum atomic E-state index is -1.55. The monoisotopic (exact) mass is 1950 g/mol. The van der Waals surface area contributed by atoms with E-state index in [-0.39, 0.29) is 137 Å². The first-order valence-corrected chi connectivity index (χ1v) is 51.1. The Hall–Kier alpha value is -11.9. The average molecular weight is 1950 g/mol. The van der Waals surface area contributed by atoms with Crippen molar-refractivity contribution in [2.75, 3.05) is 142 Å². The van der Waals surface area contributed by atoms with Gasteiger partial charge in [-0.15, -0.1) is 22.7 Å². The number of hydrogen-bond acceptors (Lipinski definition) is 24. The lowest BCUT2D eigenvalue weighted by Gasteiger charge is -2.35. The number of fused-ring (bicyclic) bond motifs is 2. The van der Waals surface area contributed by atoms with E-state index in [1.54, 1.807) is 60.7 Å². The molecule has 0 saturated carbocycles. The van der Waals surface area contributed by atoms with E-state index >= 15 is 28.8 Å². The van der Waals surface area contributed by atoms with Crippen molar-refractivity contribution in [3.63, 3.8) is 0 Å². The van der Waals surface area contributed by atoms with Crippen LogP contribution in [0.4, 0.5) is 11.4 Å². The van der Waals surface area contributed by atoms with Crippen LogP contribution in [0.5, 0.6) is 46.0 Å². The van der Waals surface area contributed by atoms with Crippen molar-refractivity contribution in [3.05, 3.63) is 270 Å². The van der Waals surface area contributed by atoms with E-state index in [1.165, 1.54) is 22.7 Å². The number of rotatable bonds is 44. The second kappa shape index (κ2) is 37.3. The van der Waals surface area contributed by atoms with E-state index in [4.69, 9.17) is 56.8 Å². The van der Waals surface area contributed by atoms with E-state index in [2.05, 4.69) is 134 Å². The second-order valence-electron chi connectivity index (χ2n) is 42.7. The Bertz CT molecular complexity index is 6260. The first-order chi connectivity index (χ1) is 68.5. The Kier molecular flexibility index (Phi) is 24.6. The van der Waals surface area contributed by atoms with Gasteiger partial charge in [0.25, 0.3) is 35.4 Å². The molecule has 2 aromatic heterocycles. The fraction of sp³-hybridized carbons (Fsp3) is 0.386. The first kappa shape index (κ1) is 93.7. The number of hydrogen-bond donors (Lipinski definition) is 2. The van der Waals surface area contributed by atoms with Crippen LogP contribution < -0.4 is 29.6 Å². The molecule has 10 aliphatic rings. The Morgan fingerprint density at radius 2 is 0.556 bits per heavy atom. The molecular formula is C114H116N8O18S2. The molecule has 10 unspecified atom stereocenters. The summed E-state index contributed by atoms with van der Waals surface area (Å²) in [4.78, 5) is 113. The smallest absolute Gasteiger partial charge is 0.262 e. The lowest BCUT2D eigenvalue weighted by molar-refractivity contribution is -0.120. The van der Waals surface area contributed by atoms with Crippen LogP contribution in [0.25, 0.3) is 43.1 Å². The molecule has 8 saturated heterocycles. The fourth-order valence-corrected chi connectivity index (χ4v) is 23.0. The largest absolute Gasteiger partial charge is 0.457 e. The van der Waals surface area contributed by atoms with Gasteiger partial charge < -0.3 is 67.5 Å². The molecule has 26 nitrogen and oxygen atoms in total. The van der Waals surface area contributed by atoms with Gasteiger partial charge in [0, 0.05) is 164 Å². The highest BCUT2D eigenvalue weighted by atomic mass is 32.1. The molecule has 732 valence electrons. The number of carbonyl (C=O) groups excluding carboxylic acids is 6. The summed E-state index contributed by atoms with van der Waals surface area (Å²) >= 11 is 2.46. The first-order valence-electron chi connectivity index (χ1n) is 49.4. The lowest BCUT2D eigenvalue weighted by atomic mass is 9.80. The number of amides is 6. The topological polar surface area (TPSA) is 283 Å². The van der Waals surface area contributed by atoms with Gasteiger partial charge in [-0.05, 0) is 167 Å². The minimum Gasteiger partial charge on any atom is -0.457 e. The van der Waals surface area contributed by atoms with Crippen molar-refractivity contribution in [1.82, 2.24) is 29.4 Å². The standard InChI is InChI=1S/C114H116N8O18S2/c1-65-15-11-17-71(39-65)115-105(123)103(93-19-13-37-141-93)121-107(125)85-41-89(137-73-29-21-67(22-30-73)111(3,4)61-117(45-77-53-129-77)46-78-54-130-78)97-99-91(139-75-33-25-69(26-34-75)113(7,8)63-119(49-81-57-133-81)50-82-58-134-82)43-87-96-88(110(128)122(109(87)127)104(94-20-14-38-142-94)106(124)116-72-18-12-16-66(2)40-72)44-92(140-76-35-27-70(28-36-76)114(9,10)64-120(51-83-59-135-83)52-84-60-136-84)100(102(96)99)98-90(42-86(108(121)126)95(85)101(97)98)138-74-31-23-68(24-32-74)112(5,6)62-118(47-79-55-131-79)48-80-56-132-80/h11-44,77-84,103-104H,45-64H2,1-10H3,(H,115,123)(H,116,124). The fourth-order valence-electron chi connectivity index (χ4n) is 21.4. The summed E-state index contributed by atoms with van der Waals surface area (Å²) in [5, 5.41) is 11.8. The minimum absolute atomic E-state index is 0.0129. The molecule has 0 bridgehead atoms. The van der Waals surface area contributed by atoms with E-state index in [0.29, 0.717) is 123 Å². The number of carbonyl (C=O) groups is 6. The Labute approximate surface area is 832 Å². The van der Waals surface area contributed by atoms with Gasteiger partial charge in [0.1, 0.15) is 46.0 Å². The summed E-state index contributed by atoms with van der Waals surface area (Å²) in [6.45, 7) is 36.0. The van der Waals surface area contributed by atoms with Gasteiger partial charge in [-0.25, -0.2) is 0 Å². The number of benzene rings is 11. The van der Waals surface area contributed by atoms with E-state index in [0.717, 1.165) is 95.5 Å². The van der Waals surface area contributed by atoms with Crippen LogP contribution in [0, 0.1) is 13.8 Å². The maximum atomic E-state index is 17.3. The van der Waals surface area contributed by atoms with E-state index in [1.807, 2.05) is 110 Å². The number of nitrogens with one attached hydrogen (secondary N) is 2.